The second-order valence-corrected chi connectivity index (χ2v) is 10.8. The van der Waals surface area contributed by atoms with Crippen molar-refractivity contribution in [3.05, 3.63) is 69.3 Å². The van der Waals surface area contributed by atoms with Gasteiger partial charge in [-0.3, -0.25) is 19.3 Å². The number of hydrogen-bond acceptors (Lipinski definition) is 6. The van der Waals surface area contributed by atoms with Gasteiger partial charge in [-0.25, -0.2) is 4.98 Å². The maximum atomic E-state index is 13.0. The van der Waals surface area contributed by atoms with Crippen molar-refractivity contribution in [3.8, 4) is 11.3 Å². The Kier molecular flexibility index (Phi) is 6.53. The molecule has 1 aromatic carbocycles. The number of imide groups is 1. The van der Waals surface area contributed by atoms with E-state index in [0.29, 0.717) is 54.2 Å². The molecule has 11 heteroatoms. The van der Waals surface area contributed by atoms with Crippen LogP contribution in [-0.4, -0.2) is 67.8 Å². The van der Waals surface area contributed by atoms with Crippen LogP contribution >= 0.6 is 27.5 Å². The molecule has 1 saturated heterocycles. The van der Waals surface area contributed by atoms with E-state index in [1.165, 1.54) is 0 Å². The first kappa shape index (κ1) is 24.8. The molecule has 3 aromatic rings. The average molecular weight is 596 g/mol. The van der Waals surface area contributed by atoms with Crippen LogP contribution in [0.15, 0.2) is 64.3 Å². The third-order valence-corrected chi connectivity index (χ3v) is 8.11. The highest BCUT2D eigenvalue weighted by Crippen LogP contribution is 2.32. The summed E-state index contributed by atoms with van der Waals surface area (Å²) in [7, 11) is 0. The van der Waals surface area contributed by atoms with E-state index < -0.39 is 0 Å². The molecule has 0 spiro atoms. The minimum atomic E-state index is -0.368. The van der Waals surface area contributed by atoms with Crippen molar-refractivity contribution in [3.63, 3.8) is 0 Å². The second kappa shape index (κ2) is 9.99. The van der Waals surface area contributed by atoms with Gasteiger partial charge in [0, 0.05) is 46.9 Å². The van der Waals surface area contributed by atoms with Crippen LogP contribution in [-0.2, 0) is 14.4 Å². The number of hydrogen-bond donors (Lipinski definition) is 1. The Bertz CT molecular complexity index is 1540. The Morgan fingerprint density at radius 3 is 2.71 bits per heavy atom. The van der Waals surface area contributed by atoms with Crippen LogP contribution in [0, 0.1) is 0 Å². The molecule has 3 aliphatic rings. The molecule has 4 heterocycles. The first-order valence-corrected chi connectivity index (χ1v) is 13.7. The summed E-state index contributed by atoms with van der Waals surface area (Å²) in [6.45, 7) is 0.826. The molecule has 1 fully saturated rings. The fourth-order valence-electron chi connectivity index (χ4n) is 5.19. The van der Waals surface area contributed by atoms with Crippen molar-refractivity contribution < 1.29 is 14.4 Å². The quantitative estimate of drug-likeness (QED) is 0.443. The molecule has 6 rings (SSSR count). The van der Waals surface area contributed by atoms with Gasteiger partial charge in [0.1, 0.15) is 12.4 Å². The molecule has 0 unspecified atom stereocenters. The smallest absolute Gasteiger partial charge is 0.261 e. The van der Waals surface area contributed by atoms with Crippen molar-refractivity contribution in [2.45, 2.75) is 31.7 Å². The lowest BCUT2D eigenvalue weighted by molar-refractivity contribution is -0.145. The normalized spacial score (nSPS) is 18.1. The summed E-state index contributed by atoms with van der Waals surface area (Å²) in [6, 6.07) is 9.59. The van der Waals surface area contributed by atoms with Gasteiger partial charge >= 0.3 is 0 Å². The van der Waals surface area contributed by atoms with Gasteiger partial charge in [0.2, 0.25) is 5.91 Å². The molecular weight excluding hydrogens is 572 g/mol. The predicted molar refractivity (Wildman–Crippen MR) is 146 cm³/mol. The van der Waals surface area contributed by atoms with Crippen LogP contribution < -0.4 is 5.32 Å². The summed E-state index contributed by atoms with van der Waals surface area (Å²) < 4.78 is 2.52. The Morgan fingerprint density at radius 1 is 1.16 bits per heavy atom. The highest BCUT2D eigenvalue weighted by Gasteiger charge is 2.39. The first-order valence-electron chi connectivity index (χ1n) is 12.5. The zero-order chi connectivity index (χ0) is 26.4. The number of carbonyl (C=O) groups is 3. The third-order valence-electron chi connectivity index (χ3n) is 7.22. The zero-order valence-corrected chi connectivity index (χ0v) is 22.7. The number of benzene rings is 1. The standard InChI is InChI=1S/C27H24BrClN6O3/c28-20-14-30-35-23(13-22(32-25(20)35)19-7-3-4-8-21(19)29)31-16-9-11-33(12-10-16)24(36)15-34-26(37)17-5-1-2-6-18(17)27(34)38/h1,3-5,7-8,13-14,16,31H,2,6,9-12,15H2. The molecular formula is C27H24BrClN6O3. The van der Waals surface area contributed by atoms with Gasteiger partial charge in [-0.05, 0) is 47.7 Å². The van der Waals surface area contributed by atoms with E-state index in [0.717, 1.165) is 32.9 Å². The van der Waals surface area contributed by atoms with Crippen LogP contribution in [0.25, 0.3) is 16.9 Å². The highest BCUT2D eigenvalue weighted by atomic mass is 79.9. The molecule has 0 radical (unpaired) electrons. The first-order chi connectivity index (χ1) is 18.4. The number of likely N-dealkylation sites (tertiary alicyclic amines) is 1. The third kappa shape index (κ3) is 4.41. The van der Waals surface area contributed by atoms with Crippen LogP contribution in [0.3, 0.4) is 0 Å². The number of anilines is 1. The molecule has 3 amide bonds. The molecule has 9 nitrogen and oxygen atoms in total. The van der Waals surface area contributed by atoms with Crippen molar-refractivity contribution in [1.82, 2.24) is 24.4 Å². The number of nitrogens with one attached hydrogen (secondary N) is 1. The lowest BCUT2D eigenvalue weighted by Gasteiger charge is -2.33. The summed E-state index contributed by atoms with van der Waals surface area (Å²) >= 11 is 9.97. The summed E-state index contributed by atoms with van der Waals surface area (Å²) in [5, 5.41) is 8.64. The van der Waals surface area contributed by atoms with E-state index in [-0.39, 0.29) is 30.3 Å². The number of aromatic nitrogens is 3. The summed E-state index contributed by atoms with van der Waals surface area (Å²) in [4.78, 5) is 45.9. The van der Waals surface area contributed by atoms with E-state index in [1.54, 1.807) is 21.7 Å². The number of piperidine rings is 1. The van der Waals surface area contributed by atoms with Crippen molar-refractivity contribution in [1.29, 1.82) is 0 Å². The Labute approximate surface area is 232 Å². The van der Waals surface area contributed by atoms with E-state index in [4.69, 9.17) is 16.6 Å². The molecule has 2 aliphatic heterocycles. The Balaban J connectivity index is 1.13. The van der Waals surface area contributed by atoms with Crippen molar-refractivity contribution in [2.75, 3.05) is 25.0 Å². The number of allylic oxidation sites excluding steroid dienone is 1. The number of halogens is 2. The fraction of sp³-hybridized carbons (Fsp3) is 0.296. The monoisotopic (exact) mass is 594 g/mol. The number of carbonyl (C=O) groups excluding carboxylic acids is 3. The summed E-state index contributed by atoms with van der Waals surface area (Å²) in [5.74, 6) is -0.136. The van der Waals surface area contributed by atoms with Gasteiger partial charge in [-0.2, -0.15) is 9.61 Å². The number of rotatable bonds is 5. The molecule has 2 aromatic heterocycles. The number of nitrogens with zero attached hydrogens (tertiary/aromatic N) is 5. The van der Waals surface area contributed by atoms with E-state index in [9.17, 15) is 14.4 Å². The second-order valence-electron chi connectivity index (χ2n) is 9.56. The van der Waals surface area contributed by atoms with E-state index in [2.05, 4.69) is 26.3 Å². The lowest BCUT2D eigenvalue weighted by atomic mass is 10.00. The molecule has 0 saturated carbocycles. The maximum Gasteiger partial charge on any atom is 0.261 e. The van der Waals surface area contributed by atoms with Gasteiger partial charge in [0.15, 0.2) is 5.65 Å². The van der Waals surface area contributed by atoms with E-state index in [1.807, 2.05) is 36.4 Å². The van der Waals surface area contributed by atoms with Crippen molar-refractivity contribution >= 4 is 56.7 Å². The van der Waals surface area contributed by atoms with Gasteiger partial charge in [0.05, 0.1) is 16.4 Å². The SMILES string of the molecule is O=C(CN1C(=O)C2=C(CCC=C2)C1=O)N1CCC(Nc2cc(-c3ccccc3Cl)nc3c(Br)cnn23)CC1. The van der Waals surface area contributed by atoms with Crippen LogP contribution in [0.1, 0.15) is 25.7 Å². The molecule has 0 bridgehead atoms. The molecule has 194 valence electrons. The van der Waals surface area contributed by atoms with Gasteiger partial charge in [-0.1, -0.05) is 42.0 Å². The molecule has 1 N–H and O–H groups in total. The average Bonchev–Trinajstić information content (AvgIpc) is 3.42. The predicted octanol–water partition coefficient (Wildman–Crippen LogP) is 4.23. The minimum absolute atomic E-state index is 0.0980. The summed E-state index contributed by atoms with van der Waals surface area (Å²) in [6.07, 6.45) is 7.99. The van der Waals surface area contributed by atoms with Crippen LogP contribution in [0.4, 0.5) is 5.82 Å². The highest BCUT2D eigenvalue weighted by molar-refractivity contribution is 9.10. The molecule has 0 atom stereocenters. The Hall–Kier alpha value is -3.50. The summed E-state index contributed by atoms with van der Waals surface area (Å²) in [5.41, 5.74) is 3.18. The lowest BCUT2D eigenvalue weighted by Crippen LogP contribution is -2.48. The number of amides is 3. The van der Waals surface area contributed by atoms with Crippen molar-refractivity contribution in [2.24, 2.45) is 0 Å². The van der Waals surface area contributed by atoms with Gasteiger partial charge < -0.3 is 10.2 Å². The Morgan fingerprint density at radius 2 is 1.95 bits per heavy atom. The minimum Gasteiger partial charge on any atom is -0.367 e. The molecule has 38 heavy (non-hydrogen) atoms. The van der Waals surface area contributed by atoms with Gasteiger partial charge in [0.25, 0.3) is 11.8 Å². The fourth-order valence-corrected chi connectivity index (χ4v) is 5.77. The maximum absolute atomic E-state index is 13.0. The number of fused-ring (bicyclic) bond motifs is 1. The van der Waals surface area contributed by atoms with Crippen LogP contribution in [0.5, 0.6) is 0 Å². The zero-order valence-electron chi connectivity index (χ0n) is 20.4. The van der Waals surface area contributed by atoms with Crippen LogP contribution in [0.2, 0.25) is 5.02 Å². The topological polar surface area (TPSA) is 99.9 Å². The molecule has 1 aliphatic carbocycles. The largest absolute Gasteiger partial charge is 0.367 e. The van der Waals surface area contributed by atoms with E-state index >= 15 is 0 Å². The van der Waals surface area contributed by atoms with Gasteiger partial charge in [-0.15, -0.1) is 0 Å².